The van der Waals surface area contributed by atoms with E-state index in [0.717, 1.165) is 22.5 Å². The molecule has 0 spiro atoms. The van der Waals surface area contributed by atoms with Crippen molar-refractivity contribution in [3.8, 4) is 0 Å². The van der Waals surface area contributed by atoms with Gasteiger partial charge in [-0.1, -0.05) is 30.9 Å². The Morgan fingerprint density at radius 1 is 0.921 bits per heavy atom. The zero-order chi connectivity index (χ0) is 26.7. The van der Waals surface area contributed by atoms with Crippen LogP contribution in [0.5, 0.6) is 0 Å². The summed E-state index contributed by atoms with van der Waals surface area (Å²) in [5, 5.41) is 0. The van der Waals surface area contributed by atoms with Crippen molar-refractivity contribution >= 4 is 35.7 Å². The highest BCUT2D eigenvalue weighted by atomic mass is 16.6. The number of esters is 2. The molecule has 2 saturated heterocycles. The van der Waals surface area contributed by atoms with E-state index in [1.807, 2.05) is 55.6 Å². The van der Waals surface area contributed by atoms with Crippen molar-refractivity contribution < 1.29 is 28.5 Å². The maximum atomic E-state index is 12.0. The van der Waals surface area contributed by atoms with Gasteiger partial charge in [0.15, 0.2) is 0 Å². The number of epoxide rings is 2. The molecule has 2 unspecified atom stereocenters. The molecule has 8 heteroatoms. The van der Waals surface area contributed by atoms with Crippen LogP contribution in [0.25, 0.3) is 0 Å². The lowest BCUT2D eigenvalue weighted by atomic mass is 10.1. The third-order valence-corrected chi connectivity index (χ3v) is 5.65. The topological polar surface area (TPSA) is 102 Å². The van der Waals surface area contributed by atoms with Crippen molar-refractivity contribution in [1.82, 2.24) is 0 Å². The Kier molecular flexibility index (Phi) is 9.50. The van der Waals surface area contributed by atoms with E-state index < -0.39 is 5.97 Å². The molecule has 196 valence electrons. The molecule has 2 atom stereocenters. The molecular formula is C30H30N2O6. The Hall–Kier alpha value is -4.14. The monoisotopic (exact) mass is 514 g/mol. The fourth-order valence-electron chi connectivity index (χ4n) is 3.13. The standard InChI is InChI=1S/C30H30N2O6/c1-3-22(5-4-21(2)29(33)37-19-27-17-35-27)16-32-26-12-10-25(11-13-26)31-15-14-23-6-8-24(9-7-23)30(34)38-20-28-18-36-28/h3-13,15-16,27-28H,2,14,17-20H2,1H3/b5-4-,22-3+,31-15?,32-16?. The second-order valence-corrected chi connectivity index (χ2v) is 8.74. The maximum Gasteiger partial charge on any atom is 0.338 e. The van der Waals surface area contributed by atoms with Crippen molar-refractivity contribution in [3.05, 3.63) is 95.6 Å². The molecule has 0 radical (unpaired) electrons. The highest BCUT2D eigenvalue weighted by Crippen LogP contribution is 2.19. The summed E-state index contributed by atoms with van der Waals surface area (Å²) in [6.07, 6.45) is 9.51. The van der Waals surface area contributed by atoms with Crippen molar-refractivity contribution in [2.24, 2.45) is 9.98 Å². The van der Waals surface area contributed by atoms with Crippen molar-refractivity contribution in [1.29, 1.82) is 0 Å². The number of hydrogen-bond donors (Lipinski definition) is 0. The van der Waals surface area contributed by atoms with Crippen molar-refractivity contribution in [3.63, 3.8) is 0 Å². The Labute approximate surface area is 222 Å². The molecule has 2 aromatic rings. The first kappa shape index (κ1) is 26.9. The van der Waals surface area contributed by atoms with E-state index in [9.17, 15) is 9.59 Å². The predicted octanol–water partition coefficient (Wildman–Crippen LogP) is 4.89. The lowest BCUT2D eigenvalue weighted by molar-refractivity contribution is -0.139. The predicted molar refractivity (Wildman–Crippen MR) is 146 cm³/mol. The van der Waals surface area contributed by atoms with Crippen LogP contribution in [-0.2, 0) is 30.2 Å². The molecule has 0 aromatic heterocycles. The van der Waals surface area contributed by atoms with Gasteiger partial charge < -0.3 is 18.9 Å². The van der Waals surface area contributed by atoms with Crippen LogP contribution in [0, 0.1) is 0 Å². The molecule has 8 nitrogen and oxygen atoms in total. The number of rotatable bonds is 13. The smallest absolute Gasteiger partial charge is 0.338 e. The summed E-state index contributed by atoms with van der Waals surface area (Å²) in [5.74, 6) is -0.802. The molecular weight excluding hydrogens is 484 g/mol. The zero-order valence-corrected chi connectivity index (χ0v) is 21.2. The Morgan fingerprint density at radius 2 is 1.53 bits per heavy atom. The second kappa shape index (κ2) is 13.4. The van der Waals surface area contributed by atoms with Gasteiger partial charge in [0.2, 0.25) is 0 Å². The summed E-state index contributed by atoms with van der Waals surface area (Å²) >= 11 is 0. The highest BCUT2D eigenvalue weighted by Gasteiger charge is 2.25. The van der Waals surface area contributed by atoms with Gasteiger partial charge in [-0.25, -0.2) is 9.59 Å². The van der Waals surface area contributed by atoms with Gasteiger partial charge in [0.05, 0.1) is 35.7 Å². The number of benzene rings is 2. The van der Waals surface area contributed by atoms with Crippen LogP contribution in [0.4, 0.5) is 11.4 Å². The average Bonchev–Trinajstić information content (AvgIpc) is 3.87. The van der Waals surface area contributed by atoms with E-state index in [4.69, 9.17) is 18.9 Å². The van der Waals surface area contributed by atoms with Gasteiger partial charge in [-0.2, -0.15) is 0 Å². The van der Waals surface area contributed by atoms with Crippen LogP contribution >= 0.6 is 0 Å². The van der Waals surface area contributed by atoms with Crippen molar-refractivity contribution in [2.45, 2.75) is 25.6 Å². The average molecular weight is 515 g/mol. The van der Waals surface area contributed by atoms with Gasteiger partial charge in [0.25, 0.3) is 0 Å². The summed E-state index contributed by atoms with van der Waals surface area (Å²) in [4.78, 5) is 32.9. The third-order valence-electron chi connectivity index (χ3n) is 5.65. The number of hydrogen-bond acceptors (Lipinski definition) is 8. The number of carbonyl (C=O) groups excluding carboxylic acids is 2. The number of nitrogens with zero attached hydrogens (tertiary/aromatic N) is 2. The van der Waals surface area contributed by atoms with Crippen LogP contribution in [0.3, 0.4) is 0 Å². The van der Waals surface area contributed by atoms with E-state index in [1.54, 1.807) is 30.5 Å². The first-order chi connectivity index (χ1) is 18.5. The van der Waals surface area contributed by atoms with Gasteiger partial charge in [-0.05, 0) is 60.5 Å². The summed E-state index contributed by atoms with van der Waals surface area (Å²) in [6, 6.07) is 14.8. The van der Waals surface area contributed by atoms with Crippen LogP contribution in [0.15, 0.2) is 94.5 Å². The van der Waals surface area contributed by atoms with E-state index in [2.05, 4.69) is 16.6 Å². The lowest BCUT2D eigenvalue weighted by Gasteiger charge is -2.03. The highest BCUT2D eigenvalue weighted by molar-refractivity contribution is 5.92. The number of allylic oxidation sites excluding steroid dienone is 3. The maximum absolute atomic E-state index is 12.0. The lowest BCUT2D eigenvalue weighted by Crippen LogP contribution is -2.10. The molecule has 0 N–H and O–H groups in total. The van der Waals surface area contributed by atoms with Gasteiger partial charge in [-0.15, -0.1) is 0 Å². The van der Waals surface area contributed by atoms with Gasteiger partial charge >= 0.3 is 11.9 Å². The summed E-state index contributed by atoms with van der Waals surface area (Å²) < 4.78 is 20.4. The van der Waals surface area contributed by atoms with E-state index in [1.165, 1.54) is 0 Å². The number of carbonyl (C=O) groups is 2. The molecule has 2 fully saturated rings. The molecule has 2 aliphatic heterocycles. The molecule has 0 bridgehead atoms. The van der Waals surface area contributed by atoms with Crippen LogP contribution < -0.4 is 0 Å². The van der Waals surface area contributed by atoms with Crippen LogP contribution in [-0.4, -0.2) is 63.0 Å². The second-order valence-electron chi connectivity index (χ2n) is 8.74. The minimum absolute atomic E-state index is 0.0231. The van der Waals surface area contributed by atoms with E-state index in [0.29, 0.717) is 31.8 Å². The number of aliphatic imine (C=N–C) groups is 2. The molecule has 0 amide bonds. The third kappa shape index (κ3) is 9.06. The Balaban J connectivity index is 1.22. The molecule has 2 aliphatic rings. The van der Waals surface area contributed by atoms with Gasteiger partial charge in [0, 0.05) is 18.9 Å². The Bertz CT molecular complexity index is 1250. The summed E-state index contributed by atoms with van der Waals surface area (Å²) in [6.45, 7) is 7.48. The first-order valence-corrected chi connectivity index (χ1v) is 12.4. The van der Waals surface area contributed by atoms with Crippen LogP contribution in [0.1, 0.15) is 22.8 Å². The fraction of sp³-hybridized carbons (Fsp3) is 0.267. The minimum Gasteiger partial charge on any atom is -0.459 e. The van der Waals surface area contributed by atoms with E-state index >= 15 is 0 Å². The SMILES string of the molecule is C=C(/C=C\C(C=Nc1ccc(N=CCc2ccc(C(=O)OCC3CO3)cc2)cc1)=C/C)C(=O)OCC1CO1. The van der Waals surface area contributed by atoms with Crippen molar-refractivity contribution in [2.75, 3.05) is 26.4 Å². The fourth-order valence-corrected chi connectivity index (χ4v) is 3.13. The summed E-state index contributed by atoms with van der Waals surface area (Å²) in [7, 11) is 0. The van der Waals surface area contributed by atoms with Crippen LogP contribution in [0.2, 0.25) is 0 Å². The molecule has 38 heavy (non-hydrogen) atoms. The zero-order valence-electron chi connectivity index (χ0n) is 21.2. The molecule has 2 aromatic carbocycles. The normalized spacial score (nSPS) is 18.7. The largest absolute Gasteiger partial charge is 0.459 e. The molecule has 4 rings (SSSR count). The minimum atomic E-state index is -0.461. The molecule has 0 aliphatic carbocycles. The summed E-state index contributed by atoms with van der Waals surface area (Å²) in [5.41, 5.74) is 4.23. The number of ether oxygens (including phenoxy) is 4. The molecule has 2 heterocycles. The molecule has 0 saturated carbocycles. The Morgan fingerprint density at radius 3 is 2.13 bits per heavy atom. The van der Waals surface area contributed by atoms with Gasteiger partial charge in [0.1, 0.15) is 25.4 Å². The first-order valence-electron chi connectivity index (χ1n) is 12.4. The van der Waals surface area contributed by atoms with Gasteiger partial charge in [-0.3, -0.25) is 9.98 Å². The van der Waals surface area contributed by atoms with E-state index in [-0.39, 0.29) is 30.4 Å². The quantitative estimate of drug-likeness (QED) is 0.124.